The highest BCUT2D eigenvalue weighted by Gasteiger charge is 2.25. The number of aromatic hydroxyl groups is 2. The van der Waals surface area contributed by atoms with Gasteiger partial charge in [-0.05, 0) is 0 Å². The molecule has 2 rings (SSSR count). The second-order valence-electron chi connectivity index (χ2n) is 4.17. The van der Waals surface area contributed by atoms with Gasteiger partial charge in [0.15, 0.2) is 11.5 Å². The van der Waals surface area contributed by atoms with Crippen LogP contribution >= 0.6 is 81.4 Å². The third kappa shape index (κ3) is 3.16. The average Bonchev–Trinajstić information content (AvgIpc) is 2.54. The van der Waals surface area contributed by atoms with Gasteiger partial charge in [0, 0.05) is 0 Å². The van der Waals surface area contributed by atoms with Gasteiger partial charge in [-0.2, -0.15) is 0 Å². The van der Waals surface area contributed by atoms with Gasteiger partial charge in [-0.3, -0.25) is 0 Å². The van der Waals surface area contributed by atoms with Gasteiger partial charge in [-0.25, -0.2) is 0 Å². The SMILES string of the molecule is Nc1c(O)c(Cl)c(Cl)c(Sc2c(Cl)c(N)c(O)c(Cl)c2Cl)c1Cl. The summed E-state index contributed by atoms with van der Waals surface area (Å²) in [5.41, 5.74) is 11.0. The Morgan fingerprint density at radius 1 is 0.565 bits per heavy atom. The first-order valence-corrected chi connectivity index (χ1v) is 8.65. The van der Waals surface area contributed by atoms with Crippen LogP contribution in [-0.4, -0.2) is 10.2 Å². The van der Waals surface area contributed by atoms with Crippen LogP contribution in [-0.2, 0) is 0 Å². The predicted molar refractivity (Wildman–Crippen MR) is 99.2 cm³/mol. The molecule has 0 radical (unpaired) electrons. The fourth-order valence-electron chi connectivity index (χ4n) is 1.57. The van der Waals surface area contributed by atoms with Crippen LogP contribution in [0.2, 0.25) is 30.1 Å². The minimum atomic E-state index is -0.438. The third-order valence-electron chi connectivity index (χ3n) is 2.79. The molecule has 0 aromatic heterocycles. The van der Waals surface area contributed by atoms with E-state index in [0.717, 1.165) is 11.8 Å². The van der Waals surface area contributed by atoms with E-state index in [1.807, 2.05) is 0 Å². The molecule has 0 spiro atoms. The molecule has 11 heteroatoms. The highest BCUT2D eigenvalue weighted by atomic mass is 35.5. The lowest BCUT2D eigenvalue weighted by Gasteiger charge is -2.16. The molecule has 0 atom stereocenters. The summed E-state index contributed by atoms with van der Waals surface area (Å²) < 4.78 is 0. The summed E-state index contributed by atoms with van der Waals surface area (Å²) in [7, 11) is 0. The molecule has 0 bridgehead atoms. The van der Waals surface area contributed by atoms with E-state index in [-0.39, 0.29) is 51.3 Å². The number of hydrogen-bond donors (Lipinski definition) is 4. The van der Waals surface area contributed by atoms with Crippen LogP contribution in [0.5, 0.6) is 11.5 Å². The number of rotatable bonds is 2. The lowest BCUT2D eigenvalue weighted by molar-refractivity contribution is 0.477. The molecule has 2 aromatic rings. The lowest BCUT2D eigenvalue weighted by atomic mass is 10.3. The molecule has 0 saturated heterocycles. The largest absolute Gasteiger partial charge is 0.504 e. The fourth-order valence-corrected chi connectivity index (χ4v) is 4.36. The van der Waals surface area contributed by atoms with Crippen molar-refractivity contribution >= 4 is 92.7 Å². The van der Waals surface area contributed by atoms with Gasteiger partial charge in [-0.1, -0.05) is 81.4 Å². The summed E-state index contributed by atoms with van der Waals surface area (Å²) in [5, 5.41) is 18.9. The number of phenols is 2. The molecule has 2 aromatic carbocycles. The molecule has 0 saturated carbocycles. The average molecular weight is 455 g/mol. The summed E-state index contributed by atoms with van der Waals surface area (Å²) in [6.07, 6.45) is 0. The molecule has 4 nitrogen and oxygen atoms in total. The van der Waals surface area contributed by atoms with E-state index < -0.39 is 11.5 Å². The van der Waals surface area contributed by atoms with Crippen LogP contribution in [0.3, 0.4) is 0 Å². The summed E-state index contributed by atoms with van der Waals surface area (Å²) in [5.74, 6) is -0.877. The van der Waals surface area contributed by atoms with Crippen molar-refractivity contribution in [3.8, 4) is 11.5 Å². The minimum absolute atomic E-state index is 0.0446. The Morgan fingerprint density at radius 3 is 1.17 bits per heavy atom. The second kappa shape index (κ2) is 6.92. The van der Waals surface area contributed by atoms with Crippen molar-refractivity contribution in [1.82, 2.24) is 0 Å². The van der Waals surface area contributed by atoms with E-state index in [2.05, 4.69) is 0 Å². The van der Waals surface area contributed by atoms with Crippen LogP contribution in [0.15, 0.2) is 9.79 Å². The van der Waals surface area contributed by atoms with Crippen molar-refractivity contribution in [2.75, 3.05) is 11.5 Å². The van der Waals surface area contributed by atoms with E-state index in [4.69, 9.17) is 81.1 Å². The van der Waals surface area contributed by atoms with E-state index in [9.17, 15) is 10.2 Å². The van der Waals surface area contributed by atoms with Gasteiger partial charge in [0.1, 0.15) is 10.0 Å². The van der Waals surface area contributed by atoms with E-state index in [0.29, 0.717) is 0 Å². The Hall–Kier alpha value is -0.270. The summed E-state index contributed by atoms with van der Waals surface area (Å²) in [6.45, 7) is 0. The highest BCUT2D eigenvalue weighted by molar-refractivity contribution is 7.99. The fraction of sp³-hybridized carbons (Fsp3) is 0. The number of halogens is 6. The maximum Gasteiger partial charge on any atom is 0.160 e. The van der Waals surface area contributed by atoms with Gasteiger partial charge < -0.3 is 21.7 Å². The first-order valence-electron chi connectivity index (χ1n) is 5.57. The standard InChI is InChI=1S/C12H6Cl6N2O2S/c13-1-3(15)11(5(17)7(19)9(1)21)23-12-4(16)2(14)10(22)8(20)6(12)18/h21-22H,19-20H2. The third-order valence-corrected chi connectivity index (χ3v) is 6.93. The molecule has 0 fully saturated rings. The number of nitrogens with two attached hydrogens (primary N) is 2. The van der Waals surface area contributed by atoms with Gasteiger partial charge >= 0.3 is 0 Å². The van der Waals surface area contributed by atoms with Crippen molar-refractivity contribution in [3.05, 3.63) is 30.1 Å². The van der Waals surface area contributed by atoms with Crippen molar-refractivity contribution in [1.29, 1.82) is 0 Å². The molecular weight excluding hydrogens is 449 g/mol. The maximum atomic E-state index is 9.73. The zero-order valence-electron chi connectivity index (χ0n) is 10.7. The number of benzene rings is 2. The molecular formula is C12H6Cl6N2O2S. The molecule has 124 valence electrons. The summed E-state index contributed by atoms with van der Waals surface area (Å²) in [6, 6.07) is 0. The summed E-state index contributed by atoms with van der Waals surface area (Å²) in [4.78, 5) is 0.386. The predicted octanol–water partition coefficient (Wildman–Crippen LogP) is 6.33. The number of phenolic OH excluding ortho intramolecular Hbond substituents is 2. The molecule has 0 heterocycles. The van der Waals surface area contributed by atoms with Gasteiger partial charge in [0.25, 0.3) is 0 Å². The van der Waals surface area contributed by atoms with Crippen LogP contribution in [0.1, 0.15) is 0 Å². The topological polar surface area (TPSA) is 92.5 Å². The highest BCUT2D eigenvalue weighted by Crippen LogP contribution is 2.55. The number of hydrogen-bond acceptors (Lipinski definition) is 5. The van der Waals surface area contributed by atoms with Crippen LogP contribution in [0, 0.1) is 0 Å². The van der Waals surface area contributed by atoms with Crippen molar-refractivity contribution in [2.45, 2.75) is 9.79 Å². The Kier molecular flexibility index (Phi) is 5.74. The van der Waals surface area contributed by atoms with E-state index in [1.54, 1.807) is 0 Å². The van der Waals surface area contributed by atoms with E-state index in [1.165, 1.54) is 0 Å². The maximum absolute atomic E-state index is 9.73. The number of nitrogen functional groups attached to an aromatic ring is 2. The second-order valence-corrected chi connectivity index (χ2v) is 7.46. The Balaban J connectivity index is 2.71. The number of anilines is 2. The Bertz CT molecular complexity index is 705. The van der Waals surface area contributed by atoms with Crippen LogP contribution < -0.4 is 11.5 Å². The zero-order chi connectivity index (χ0) is 17.6. The van der Waals surface area contributed by atoms with Gasteiger partial charge in [-0.15, -0.1) is 0 Å². The van der Waals surface area contributed by atoms with E-state index >= 15 is 0 Å². The van der Waals surface area contributed by atoms with Gasteiger partial charge in [0.05, 0.1) is 41.3 Å². The van der Waals surface area contributed by atoms with Crippen molar-refractivity contribution < 1.29 is 10.2 Å². The quantitative estimate of drug-likeness (QED) is 0.241. The molecule has 0 unspecified atom stereocenters. The Morgan fingerprint density at radius 2 is 0.870 bits per heavy atom. The molecule has 0 amide bonds. The molecule has 0 aliphatic carbocycles. The van der Waals surface area contributed by atoms with Crippen LogP contribution in [0.25, 0.3) is 0 Å². The van der Waals surface area contributed by atoms with Gasteiger partial charge in [0.2, 0.25) is 0 Å². The van der Waals surface area contributed by atoms with Crippen LogP contribution in [0.4, 0.5) is 11.4 Å². The molecule has 6 N–H and O–H groups in total. The molecule has 23 heavy (non-hydrogen) atoms. The first-order chi connectivity index (χ1) is 10.6. The normalized spacial score (nSPS) is 11.0. The van der Waals surface area contributed by atoms with Crippen molar-refractivity contribution in [2.24, 2.45) is 0 Å². The zero-order valence-corrected chi connectivity index (χ0v) is 16.1. The monoisotopic (exact) mass is 452 g/mol. The minimum Gasteiger partial charge on any atom is -0.504 e. The smallest absolute Gasteiger partial charge is 0.160 e. The molecule has 0 aliphatic heterocycles. The van der Waals surface area contributed by atoms with Crippen molar-refractivity contribution in [3.63, 3.8) is 0 Å². The first kappa shape index (κ1) is 19.1. The molecule has 0 aliphatic rings. The Labute approximate surface area is 165 Å². The summed E-state index contributed by atoms with van der Waals surface area (Å²) >= 11 is 37.1. The lowest BCUT2D eigenvalue weighted by Crippen LogP contribution is -1.94.